The second-order valence-corrected chi connectivity index (χ2v) is 6.38. The number of hydrogen-bond donors (Lipinski definition) is 1. The molecule has 8 heteroatoms. The molecule has 1 amide bonds. The number of rotatable bonds is 7. The number of nitrogens with one attached hydrogen (secondary N) is 1. The average Bonchev–Trinajstić information content (AvgIpc) is 3.33. The predicted molar refractivity (Wildman–Crippen MR) is 102 cm³/mol. The zero-order chi connectivity index (χ0) is 19.5. The van der Waals surface area contributed by atoms with Crippen LogP contribution >= 0.6 is 0 Å². The average molecular weight is 383 g/mol. The number of aryl methyl sites for hydroxylation is 1. The molecule has 3 heterocycles. The molecule has 146 valence electrons. The molecule has 2 aromatic heterocycles. The summed E-state index contributed by atoms with van der Waals surface area (Å²) in [5.41, 5.74) is 2.83. The molecule has 0 saturated heterocycles. The summed E-state index contributed by atoms with van der Waals surface area (Å²) in [7, 11) is 0. The van der Waals surface area contributed by atoms with Gasteiger partial charge in [0.25, 0.3) is 11.6 Å². The first-order valence-corrected chi connectivity index (χ1v) is 9.20. The van der Waals surface area contributed by atoms with E-state index in [1.165, 1.54) is 0 Å². The molecule has 0 saturated carbocycles. The van der Waals surface area contributed by atoms with Gasteiger partial charge in [-0.3, -0.25) is 4.79 Å². The summed E-state index contributed by atoms with van der Waals surface area (Å²) in [6.45, 7) is 5.72. The third kappa shape index (κ3) is 3.50. The molecule has 0 fully saturated rings. The molecular weight excluding hydrogens is 362 g/mol. The fourth-order valence-electron chi connectivity index (χ4n) is 3.09. The van der Waals surface area contributed by atoms with Gasteiger partial charge in [0.1, 0.15) is 0 Å². The third-order valence-electron chi connectivity index (χ3n) is 4.49. The Kier molecular flexibility index (Phi) is 5.12. The van der Waals surface area contributed by atoms with Gasteiger partial charge < -0.3 is 24.1 Å². The summed E-state index contributed by atoms with van der Waals surface area (Å²) in [6, 6.07) is 7.28. The standard InChI is InChI=1S/C20H21N3O5/c1-3-25-8-4-7-21-19(24)14-10-15(22-20-18(14)12(2)23-28-20)13-5-6-16-17(9-13)27-11-26-16/h5-6,9-10H,3-4,7-8,11H2,1-2H3,(H,21,24). The molecule has 0 unspecified atom stereocenters. The van der Waals surface area contributed by atoms with Gasteiger partial charge in [-0.15, -0.1) is 0 Å². The van der Waals surface area contributed by atoms with Crippen LogP contribution in [0.1, 0.15) is 29.4 Å². The fraction of sp³-hybridized carbons (Fsp3) is 0.350. The second-order valence-electron chi connectivity index (χ2n) is 6.38. The van der Waals surface area contributed by atoms with Gasteiger partial charge in [-0.25, -0.2) is 4.98 Å². The largest absolute Gasteiger partial charge is 0.454 e. The second kappa shape index (κ2) is 7.85. The van der Waals surface area contributed by atoms with E-state index in [2.05, 4.69) is 15.5 Å². The van der Waals surface area contributed by atoms with Crippen LogP contribution in [0.3, 0.4) is 0 Å². The van der Waals surface area contributed by atoms with Crippen LogP contribution in [-0.4, -0.2) is 42.6 Å². The maximum Gasteiger partial charge on any atom is 0.259 e. The summed E-state index contributed by atoms with van der Waals surface area (Å²) in [6.07, 6.45) is 0.742. The molecule has 1 aromatic carbocycles. The zero-order valence-corrected chi connectivity index (χ0v) is 15.8. The van der Waals surface area contributed by atoms with E-state index < -0.39 is 0 Å². The molecule has 0 spiro atoms. The molecule has 4 rings (SSSR count). The van der Waals surface area contributed by atoms with Crippen molar-refractivity contribution in [3.8, 4) is 22.8 Å². The van der Waals surface area contributed by atoms with Crippen molar-refractivity contribution in [3.63, 3.8) is 0 Å². The minimum atomic E-state index is -0.197. The van der Waals surface area contributed by atoms with E-state index in [1.807, 2.05) is 25.1 Å². The van der Waals surface area contributed by atoms with E-state index in [0.29, 0.717) is 59.3 Å². The fourth-order valence-corrected chi connectivity index (χ4v) is 3.09. The first-order valence-electron chi connectivity index (χ1n) is 9.20. The number of carbonyl (C=O) groups excluding carboxylic acids is 1. The van der Waals surface area contributed by atoms with Gasteiger partial charge in [-0.2, -0.15) is 0 Å². The van der Waals surface area contributed by atoms with Crippen molar-refractivity contribution in [1.82, 2.24) is 15.5 Å². The number of carbonyl (C=O) groups is 1. The van der Waals surface area contributed by atoms with Crippen LogP contribution in [0.2, 0.25) is 0 Å². The van der Waals surface area contributed by atoms with Crippen molar-refractivity contribution in [2.75, 3.05) is 26.6 Å². The Morgan fingerprint density at radius 2 is 2.11 bits per heavy atom. The Bertz CT molecular complexity index is 1010. The van der Waals surface area contributed by atoms with Crippen molar-refractivity contribution >= 4 is 17.0 Å². The quantitative estimate of drug-likeness (QED) is 0.626. The van der Waals surface area contributed by atoms with Gasteiger partial charge in [-0.05, 0) is 44.5 Å². The van der Waals surface area contributed by atoms with Gasteiger partial charge in [0, 0.05) is 25.3 Å². The van der Waals surface area contributed by atoms with Gasteiger partial charge in [0.05, 0.1) is 22.3 Å². The van der Waals surface area contributed by atoms with Crippen molar-refractivity contribution < 1.29 is 23.5 Å². The molecule has 8 nitrogen and oxygen atoms in total. The van der Waals surface area contributed by atoms with E-state index in [-0.39, 0.29) is 12.7 Å². The molecule has 1 aliphatic heterocycles. The maximum atomic E-state index is 12.8. The lowest BCUT2D eigenvalue weighted by molar-refractivity contribution is 0.0945. The minimum absolute atomic E-state index is 0.196. The van der Waals surface area contributed by atoms with Gasteiger partial charge in [0.2, 0.25) is 6.79 Å². The van der Waals surface area contributed by atoms with Crippen LogP contribution in [0.4, 0.5) is 0 Å². The highest BCUT2D eigenvalue weighted by molar-refractivity contribution is 6.07. The Balaban J connectivity index is 1.65. The summed E-state index contributed by atoms with van der Waals surface area (Å²) < 4.78 is 21.4. The Hall–Kier alpha value is -3.13. The van der Waals surface area contributed by atoms with Crippen LogP contribution in [0, 0.1) is 6.92 Å². The number of hydrogen-bond acceptors (Lipinski definition) is 7. The normalized spacial score (nSPS) is 12.5. The van der Waals surface area contributed by atoms with Crippen LogP contribution in [0.15, 0.2) is 28.8 Å². The molecule has 0 atom stereocenters. The van der Waals surface area contributed by atoms with Crippen molar-refractivity contribution in [2.24, 2.45) is 0 Å². The number of aromatic nitrogens is 2. The van der Waals surface area contributed by atoms with Crippen molar-refractivity contribution in [3.05, 3.63) is 35.5 Å². The van der Waals surface area contributed by atoms with E-state index >= 15 is 0 Å². The molecule has 1 N–H and O–H groups in total. The van der Waals surface area contributed by atoms with Crippen LogP contribution in [0.5, 0.6) is 11.5 Å². The van der Waals surface area contributed by atoms with Crippen LogP contribution in [0.25, 0.3) is 22.4 Å². The first kappa shape index (κ1) is 18.2. The van der Waals surface area contributed by atoms with Gasteiger partial charge >= 0.3 is 0 Å². The Labute approximate surface area is 161 Å². The highest BCUT2D eigenvalue weighted by Gasteiger charge is 2.20. The number of amides is 1. The van der Waals surface area contributed by atoms with Crippen LogP contribution in [-0.2, 0) is 4.74 Å². The SMILES string of the molecule is CCOCCCNC(=O)c1cc(-c2ccc3c(c2)OCO3)nc2onc(C)c12. The molecule has 0 radical (unpaired) electrons. The van der Waals surface area contributed by atoms with E-state index in [1.54, 1.807) is 13.0 Å². The van der Waals surface area contributed by atoms with Crippen molar-refractivity contribution in [2.45, 2.75) is 20.3 Å². The lowest BCUT2D eigenvalue weighted by atomic mass is 10.0. The molecule has 3 aromatic rings. The summed E-state index contributed by atoms with van der Waals surface area (Å²) in [5, 5.41) is 7.51. The first-order chi connectivity index (χ1) is 13.7. The highest BCUT2D eigenvalue weighted by Crippen LogP contribution is 2.36. The number of ether oxygens (including phenoxy) is 3. The monoisotopic (exact) mass is 383 g/mol. The highest BCUT2D eigenvalue weighted by atomic mass is 16.7. The van der Waals surface area contributed by atoms with Crippen LogP contribution < -0.4 is 14.8 Å². The lowest BCUT2D eigenvalue weighted by Gasteiger charge is -2.09. The number of fused-ring (bicyclic) bond motifs is 2. The zero-order valence-electron chi connectivity index (χ0n) is 15.8. The van der Waals surface area contributed by atoms with Gasteiger partial charge in [-0.1, -0.05) is 5.16 Å². The lowest BCUT2D eigenvalue weighted by Crippen LogP contribution is -2.25. The maximum absolute atomic E-state index is 12.8. The van der Waals surface area contributed by atoms with Crippen molar-refractivity contribution in [1.29, 1.82) is 0 Å². The molecule has 1 aliphatic rings. The molecule has 28 heavy (non-hydrogen) atoms. The Morgan fingerprint density at radius 3 is 2.96 bits per heavy atom. The van der Waals surface area contributed by atoms with E-state index in [9.17, 15) is 4.79 Å². The number of nitrogens with zero attached hydrogens (tertiary/aromatic N) is 2. The summed E-state index contributed by atoms with van der Waals surface area (Å²) >= 11 is 0. The number of pyridine rings is 1. The minimum Gasteiger partial charge on any atom is -0.454 e. The van der Waals surface area contributed by atoms with E-state index in [4.69, 9.17) is 18.7 Å². The molecule has 0 aliphatic carbocycles. The predicted octanol–water partition coefficient (Wildman–Crippen LogP) is 3.08. The molecular formula is C20H21N3O5. The van der Waals surface area contributed by atoms with E-state index in [0.717, 1.165) is 12.0 Å². The summed E-state index contributed by atoms with van der Waals surface area (Å²) in [4.78, 5) is 17.3. The smallest absolute Gasteiger partial charge is 0.259 e. The molecule has 0 bridgehead atoms. The van der Waals surface area contributed by atoms with Gasteiger partial charge in [0.15, 0.2) is 11.5 Å². The topological polar surface area (TPSA) is 95.7 Å². The summed E-state index contributed by atoms with van der Waals surface area (Å²) in [5.74, 6) is 1.14. The third-order valence-corrected chi connectivity index (χ3v) is 4.49. The Morgan fingerprint density at radius 1 is 1.25 bits per heavy atom. The number of benzene rings is 1.